The third-order valence-corrected chi connectivity index (χ3v) is 2.79. The van der Waals surface area contributed by atoms with Gasteiger partial charge in [-0.2, -0.15) is 0 Å². The summed E-state index contributed by atoms with van der Waals surface area (Å²) in [5.74, 6) is -3.17. The Bertz CT molecular complexity index is 644. The Hall–Kier alpha value is -1.95. The Balaban J connectivity index is 2.31. The first kappa shape index (κ1) is 13.5. The lowest BCUT2D eigenvalue weighted by Crippen LogP contribution is -1.98. The minimum atomic E-state index is -1.25. The summed E-state index contributed by atoms with van der Waals surface area (Å²) in [6.07, 6.45) is 0. The number of carboxylic acids is 1. The van der Waals surface area contributed by atoms with Crippen LogP contribution in [0.3, 0.4) is 0 Å². The number of benzene rings is 2. The van der Waals surface area contributed by atoms with Crippen LogP contribution in [0.1, 0.15) is 10.4 Å². The van der Waals surface area contributed by atoms with Gasteiger partial charge in [-0.3, -0.25) is 0 Å². The van der Waals surface area contributed by atoms with Gasteiger partial charge in [-0.05, 0) is 36.4 Å². The maximum atomic E-state index is 13.6. The summed E-state index contributed by atoms with van der Waals surface area (Å²) in [7, 11) is 0. The number of rotatable bonds is 3. The van der Waals surface area contributed by atoms with Crippen LogP contribution in [0, 0.1) is 11.6 Å². The van der Waals surface area contributed by atoms with Crippen LogP contribution >= 0.6 is 15.9 Å². The SMILES string of the molecule is O=C(O)c1ccc(Oc2ccc(Br)cc2F)c(F)c1. The zero-order valence-electron chi connectivity index (χ0n) is 9.36. The van der Waals surface area contributed by atoms with E-state index in [-0.39, 0.29) is 17.1 Å². The molecule has 0 aliphatic heterocycles. The molecule has 2 aromatic rings. The number of carbonyl (C=O) groups is 1. The second kappa shape index (κ2) is 5.36. The third kappa shape index (κ3) is 3.08. The maximum Gasteiger partial charge on any atom is 0.335 e. The molecule has 0 bridgehead atoms. The quantitative estimate of drug-likeness (QED) is 0.917. The molecule has 0 spiro atoms. The van der Waals surface area contributed by atoms with Gasteiger partial charge in [0.25, 0.3) is 0 Å². The number of carboxylic acid groups (broad SMARTS) is 1. The Labute approximate surface area is 115 Å². The van der Waals surface area contributed by atoms with Crippen molar-refractivity contribution in [2.45, 2.75) is 0 Å². The zero-order chi connectivity index (χ0) is 14.0. The van der Waals surface area contributed by atoms with Crippen LogP contribution < -0.4 is 4.74 Å². The van der Waals surface area contributed by atoms with Gasteiger partial charge in [0, 0.05) is 4.47 Å². The van der Waals surface area contributed by atoms with Gasteiger partial charge in [0.1, 0.15) is 0 Å². The molecule has 3 nitrogen and oxygen atoms in total. The highest BCUT2D eigenvalue weighted by atomic mass is 79.9. The van der Waals surface area contributed by atoms with Gasteiger partial charge in [-0.1, -0.05) is 15.9 Å². The molecule has 6 heteroatoms. The van der Waals surface area contributed by atoms with E-state index in [0.717, 1.165) is 12.1 Å². The molecule has 0 radical (unpaired) electrons. The van der Waals surface area contributed by atoms with Crippen molar-refractivity contribution >= 4 is 21.9 Å². The van der Waals surface area contributed by atoms with E-state index in [1.165, 1.54) is 18.2 Å². The molecular formula is C13H7BrF2O3. The van der Waals surface area contributed by atoms with Crippen molar-refractivity contribution in [3.63, 3.8) is 0 Å². The van der Waals surface area contributed by atoms with Crippen molar-refractivity contribution in [3.05, 3.63) is 58.1 Å². The second-order valence-corrected chi connectivity index (χ2v) is 4.54. The highest BCUT2D eigenvalue weighted by molar-refractivity contribution is 9.10. The average molecular weight is 329 g/mol. The van der Waals surface area contributed by atoms with Crippen LogP contribution in [-0.4, -0.2) is 11.1 Å². The fourth-order valence-electron chi connectivity index (χ4n) is 1.39. The summed E-state index contributed by atoms with van der Waals surface area (Å²) in [5.41, 5.74) is -0.207. The standard InChI is InChI=1S/C13H7BrF2O3/c14-8-2-4-12(10(16)6-8)19-11-3-1-7(13(17)18)5-9(11)15/h1-6H,(H,17,18). The summed E-state index contributed by atoms with van der Waals surface area (Å²) in [6, 6.07) is 7.19. The zero-order valence-corrected chi connectivity index (χ0v) is 10.9. The number of aromatic carboxylic acids is 1. The Morgan fingerprint density at radius 3 is 2.16 bits per heavy atom. The lowest BCUT2D eigenvalue weighted by atomic mass is 10.2. The summed E-state index contributed by atoms with van der Waals surface area (Å²) in [4.78, 5) is 10.6. The van der Waals surface area contributed by atoms with Gasteiger partial charge in [0.05, 0.1) is 5.56 Å². The van der Waals surface area contributed by atoms with Crippen molar-refractivity contribution < 1.29 is 23.4 Å². The molecule has 1 N–H and O–H groups in total. The molecule has 0 aliphatic rings. The van der Waals surface area contributed by atoms with Crippen molar-refractivity contribution in [2.75, 3.05) is 0 Å². The fraction of sp³-hybridized carbons (Fsp3) is 0. The van der Waals surface area contributed by atoms with Gasteiger partial charge in [0.15, 0.2) is 23.1 Å². The Morgan fingerprint density at radius 2 is 1.63 bits per heavy atom. The molecule has 0 heterocycles. The van der Waals surface area contributed by atoms with E-state index in [9.17, 15) is 13.6 Å². The third-order valence-electron chi connectivity index (χ3n) is 2.29. The number of halogens is 3. The van der Waals surface area contributed by atoms with Gasteiger partial charge < -0.3 is 9.84 Å². The van der Waals surface area contributed by atoms with E-state index in [4.69, 9.17) is 9.84 Å². The first-order chi connectivity index (χ1) is 8.97. The van der Waals surface area contributed by atoms with Crippen LogP contribution in [0.25, 0.3) is 0 Å². The molecule has 0 aliphatic carbocycles. The lowest BCUT2D eigenvalue weighted by Gasteiger charge is -2.08. The van der Waals surface area contributed by atoms with Gasteiger partial charge in [-0.25, -0.2) is 13.6 Å². The molecule has 19 heavy (non-hydrogen) atoms. The van der Waals surface area contributed by atoms with Crippen LogP contribution in [0.5, 0.6) is 11.5 Å². The minimum Gasteiger partial charge on any atom is -0.478 e. The van der Waals surface area contributed by atoms with E-state index >= 15 is 0 Å². The summed E-state index contributed by atoms with van der Waals surface area (Å²) in [6.45, 7) is 0. The summed E-state index contributed by atoms with van der Waals surface area (Å²) in [5, 5.41) is 8.69. The van der Waals surface area contributed by atoms with E-state index in [0.29, 0.717) is 4.47 Å². The van der Waals surface area contributed by atoms with E-state index in [2.05, 4.69) is 15.9 Å². The topological polar surface area (TPSA) is 46.5 Å². The number of hydrogen-bond donors (Lipinski definition) is 1. The normalized spacial score (nSPS) is 10.3. The van der Waals surface area contributed by atoms with Gasteiger partial charge in [0.2, 0.25) is 0 Å². The minimum absolute atomic E-state index is 0.148. The highest BCUT2D eigenvalue weighted by Gasteiger charge is 2.12. The number of hydrogen-bond acceptors (Lipinski definition) is 2. The monoisotopic (exact) mass is 328 g/mol. The van der Waals surface area contributed by atoms with E-state index in [1.807, 2.05) is 0 Å². The molecule has 98 valence electrons. The molecule has 0 amide bonds. The van der Waals surface area contributed by atoms with Crippen LogP contribution in [-0.2, 0) is 0 Å². The molecule has 0 saturated heterocycles. The largest absolute Gasteiger partial charge is 0.478 e. The van der Waals surface area contributed by atoms with Crippen molar-refractivity contribution in [2.24, 2.45) is 0 Å². The van der Waals surface area contributed by atoms with Crippen molar-refractivity contribution in [3.8, 4) is 11.5 Å². The first-order valence-electron chi connectivity index (χ1n) is 5.13. The molecular weight excluding hydrogens is 322 g/mol. The molecule has 0 atom stereocenters. The van der Waals surface area contributed by atoms with Crippen LogP contribution in [0.15, 0.2) is 40.9 Å². The van der Waals surface area contributed by atoms with Crippen molar-refractivity contribution in [1.82, 2.24) is 0 Å². The molecule has 0 unspecified atom stereocenters. The Kier molecular flexibility index (Phi) is 3.80. The average Bonchev–Trinajstić information content (AvgIpc) is 2.34. The first-order valence-corrected chi connectivity index (χ1v) is 5.92. The second-order valence-electron chi connectivity index (χ2n) is 3.63. The summed E-state index contributed by atoms with van der Waals surface area (Å²) >= 11 is 3.09. The smallest absolute Gasteiger partial charge is 0.335 e. The molecule has 2 aromatic carbocycles. The highest BCUT2D eigenvalue weighted by Crippen LogP contribution is 2.29. The molecule has 0 fully saturated rings. The van der Waals surface area contributed by atoms with E-state index in [1.54, 1.807) is 6.07 Å². The summed E-state index contributed by atoms with van der Waals surface area (Å²) < 4.78 is 32.7. The fourth-order valence-corrected chi connectivity index (χ4v) is 1.73. The van der Waals surface area contributed by atoms with Crippen molar-refractivity contribution in [1.29, 1.82) is 0 Å². The van der Waals surface area contributed by atoms with Crippen LogP contribution in [0.2, 0.25) is 0 Å². The molecule has 0 aromatic heterocycles. The van der Waals surface area contributed by atoms with Gasteiger partial charge >= 0.3 is 5.97 Å². The lowest BCUT2D eigenvalue weighted by molar-refractivity contribution is 0.0696. The van der Waals surface area contributed by atoms with Crippen LogP contribution in [0.4, 0.5) is 8.78 Å². The predicted octanol–water partition coefficient (Wildman–Crippen LogP) is 4.22. The number of ether oxygens (including phenoxy) is 1. The molecule has 0 saturated carbocycles. The van der Waals surface area contributed by atoms with E-state index < -0.39 is 17.6 Å². The molecule has 2 rings (SSSR count). The predicted molar refractivity (Wildman–Crippen MR) is 67.5 cm³/mol. The van der Waals surface area contributed by atoms with Gasteiger partial charge in [-0.15, -0.1) is 0 Å². The Morgan fingerprint density at radius 1 is 1.05 bits per heavy atom. The maximum absolute atomic E-state index is 13.6.